The Hall–Kier alpha value is -3.26. The molecule has 0 spiro atoms. The Balaban J connectivity index is 1.73. The third-order valence-electron chi connectivity index (χ3n) is 5.99. The quantitative estimate of drug-likeness (QED) is 0.188. The van der Waals surface area contributed by atoms with Crippen LogP contribution in [0.15, 0.2) is 72.8 Å². The number of unbranched alkanes of at least 4 members (excludes halogenated alkanes) is 4. The fourth-order valence-electron chi connectivity index (χ4n) is 3.98. The molecule has 3 aromatic carbocycles. The van der Waals surface area contributed by atoms with Gasteiger partial charge in [-0.25, -0.2) is 0 Å². The van der Waals surface area contributed by atoms with Gasteiger partial charge in [0.05, 0.1) is 0 Å². The van der Waals surface area contributed by atoms with Gasteiger partial charge in [-0.2, -0.15) is 0 Å². The first-order chi connectivity index (χ1) is 16.8. The molecular weight excluding hydrogens is 412 g/mol. The Morgan fingerprint density at radius 3 is 1.24 bits per heavy atom. The fourth-order valence-corrected chi connectivity index (χ4v) is 3.98. The lowest BCUT2D eigenvalue weighted by Crippen LogP contribution is -2.02. The predicted molar refractivity (Wildman–Crippen MR) is 153 cm³/mol. The summed E-state index contributed by atoms with van der Waals surface area (Å²) in [6.07, 6.45) is 16.3. The van der Waals surface area contributed by atoms with E-state index in [4.69, 9.17) is 0 Å². The molecule has 34 heavy (non-hydrogen) atoms. The zero-order valence-corrected chi connectivity index (χ0v) is 20.9. The molecule has 0 saturated heterocycles. The molecule has 0 bridgehead atoms. The van der Waals surface area contributed by atoms with Crippen molar-refractivity contribution in [2.24, 2.45) is 0 Å². The third-order valence-corrected chi connectivity index (χ3v) is 5.99. The van der Waals surface area contributed by atoms with E-state index in [1.807, 2.05) is 0 Å². The molecule has 0 saturated carbocycles. The molecule has 3 rings (SSSR count). The minimum absolute atomic E-state index is 1.02. The molecule has 0 aliphatic heterocycles. The monoisotopic (exact) mass is 452 g/mol. The van der Waals surface area contributed by atoms with E-state index in [1.165, 1.54) is 72.2 Å². The minimum atomic E-state index is 1.02. The van der Waals surface area contributed by atoms with Crippen LogP contribution in [0.4, 0.5) is 11.4 Å². The van der Waals surface area contributed by atoms with Gasteiger partial charge in [0.2, 0.25) is 0 Å². The van der Waals surface area contributed by atoms with Crippen molar-refractivity contribution in [1.82, 2.24) is 0 Å². The van der Waals surface area contributed by atoms with Gasteiger partial charge in [0.15, 0.2) is 0 Å². The summed E-state index contributed by atoms with van der Waals surface area (Å²) in [5, 5.41) is 7.21. The van der Waals surface area contributed by atoms with Crippen LogP contribution in [0.5, 0.6) is 0 Å². The molecule has 0 radical (unpaired) electrons. The van der Waals surface area contributed by atoms with Crippen LogP contribution in [0.25, 0.3) is 24.3 Å². The highest BCUT2D eigenvalue weighted by Crippen LogP contribution is 2.22. The molecule has 2 N–H and O–H groups in total. The number of rotatable bonds is 14. The summed E-state index contributed by atoms with van der Waals surface area (Å²) >= 11 is 0. The van der Waals surface area contributed by atoms with Crippen molar-refractivity contribution in [3.05, 3.63) is 95.1 Å². The van der Waals surface area contributed by atoms with Gasteiger partial charge in [-0.3, -0.25) is 0 Å². The van der Waals surface area contributed by atoms with Crippen LogP contribution in [-0.2, 0) is 0 Å². The largest absolute Gasteiger partial charge is 0.385 e. The van der Waals surface area contributed by atoms with E-state index in [1.54, 1.807) is 0 Å². The smallest absolute Gasteiger partial charge is 0.0413 e. The first kappa shape index (κ1) is 25.4. The summed E-state index contributed by atoms with van der Waals surface area (Å²) in [5.74, 6) is 0. The molecule has 0 aliphatic carbocycles. The molecule has 0 amide bonds. The van der Waals surface area contributed by atoms with E-state index < -0.39 is 0 Å². The van der Waals surface area contributed by atoms with Crippen molar-refractivity contribution < 1.29 is 0 Å². The van der Waals surface area contributed by atoms with Crippen molar-refractivity contribution in [1.29, 1.82) is 0 Å². The lowest BCUT2D eigenvalue weighted by Gasteiger charge is -2.10. The van der Waals surface area contributed by atoms with Crippen molar-refractivity contribution in [3.63, 3.8) is 0 Å². The van der Waals surface area contributed by atoms with Crippen molar-refractivity contribution >= 4 is 35.7 Å². The van der Waals surface area contributed by atoms with Crippen molar-refractivity contribution in [3.8, 4) is 0 Å². The average Bonchev–Trinajstić information content (AvgIpc) is 2.88. The second-order valence-corrected chi connectivity index (χ2v) is 8.74. The first-order valence-electron chi connectivity index (χ1n) is 12.9. The number of anilines is 2. The summed E-state index contributed by atoms with van der Waals surface area (Å²) in [6, 6.07) is 25.7. The first-order valence-corrected chi connectivity index (χ1v) is 12.9. The molecule has 2 nitrogen and oxygen atoms in total. The highest BCUT2D eigenvalue weighted by molar-refractivity contribution is 5.83. The lowest BCUT2D eigenvalue weighted by molar-refractivity contribution is 0.744. The van der Waals surface area contributed by atoms with E-state index in [0.29, 0.717) is 0 Å². The Morgan fingerprint density at radius 1 is 0.471 bits per heavy atom. The van der Waals surface area contributed by atoms with Crippen molar-refractivity contribution in [2.75, 3.05) is 23.7 Å². The Bertz CT molecular complexity index is 964. The van der Waals surface area contributed by atoms with Gasteiger partial charge in [-0.05, 0) is 47.2 Å². The molecule has 0 aliphatic rings. The van der Waals surface area contributed by atoms with Gasteiger partial charge in [0.1, 0.15) is 0 Å². The van der Waals surface area contributed by atoms with Crippen LogP contribution in [0.3, 0.4) is 0 Å². The number of hydrogen-bond donors (Lipinski definition) is 2. The third kappa shape index (κ3) is 8.26. The number of hydrogen-bond acceptors (Lipinski definition) is 2. The maximum Gasteiger partial charge on any atom is 0.0413 e. The molecule has 0 unspecified atom stereocenters. The highest BCUT2D eigenvalue weighted by Gasteiger charge is 2.01. The predicted octanol–water partition coefficient (Wildman–Crippen LogP) is 9.23. The molecule has 0 atom stereocenters. The van der Waals surface area contributed by atoms with Gasteiger partial charge in [-0.15, -0.1) is 0 Å². The minimum Gasteiger partial charge on any atom is -0.385 e. The van der Waals surface area contributed by atoms with Crippen LogP contribution in [0.1, 0.15) is 74.6 Å². The second-order valence-electron chi connectivity index (χ2n) is 8.74. The van der Waals surface area contributed by atoms with Crippen LogP contribution in [0, 0.1) is 0 Å². The van der Waals surface area contributed by atoms with E-state index in [9.17, 15) is 0 Å². The van der Waals surface area contributed by atoms with E-state index in [0.717, 1.165) is 13.1 Å². The van der Waals surface area contributed by atoms with Gasteiger partial charge < -0.3 is 10.6 Å². The van der Waals surface area contributed by atoms with Gasteiger partial charge in [0.25, 0.3) is 0 Å². The maximum atomic E-state index is 3.60. The van der Waals surface area contributed by atoms with Crippen LogP contribution in [-0.4, -0.2) is 13.1 Å². The number of benzene rings is 3. The zero-order chi connectivity index (χ0) is 23.8. The van der Waals surface area contributed by atoms with Gasteiger partial charge >= 0.3 is 0 Å². The number of para-hydroxylation sites is 2. The van der Waals surface area contributed by atoms with E-state index >= 15 is 0 Å². The molecule has 2 heteroatoms. The average molecular weight is 453 g/mol. The van der Waals surface area contributed by atoms with E-state index in [2.05, 4.69) is 122 Å². The summed E-state index contributed by atoms with van der Waals surface area (Å²) in [6.45, 7) is 6.52. The summed E-state index contributed by atoms with van der Waals surface area (Å²) in [5.41, 5.74) is 7.27. The van der Waals surface area contributed by atoms with Crippen LogP contribution < -0.4 is 10.6 Å². The molecule has 0 fully saturated rings. The molecule has 0 aromatic heterocycles. The van der Waals surface area contributed by atoms with Crippen LogP contribution >= 0.6 is 0 Å². The van der Waals surface area contributed by atoms with Crippen molar-refractivity contribution in [2.45, 2.75) is 52.4 Å². The Labute approximate surface area is 206 Å². The number of nitrogens with one attached hydrogen (secondary N) is 2. The zero-order valence-electron chi connectivity index (χ0n) is 20.9. The standard InChI is InChI=1S/C32H40N2/c1-3-5-13-25-33-31-19-11-9-17-29(31)23-21-27-15-7-8-16-28(27)22-24-30-18-10-12-20-32(30)34-26-14-6-4-2/h7-12,15-24,33-34H,3-6,13-14,25-26H2,1-2H3/b23-21+,24-22+. The summed E-state index contributed by atoms with van der Waals surface area (Å²) < 4.78 is 0. The SMILES string of the molecule is CCCCCNc1ccccc1/C=C/c1ccccc1/C=C/c1ccccc1NCCCCC. The topological polar surface area (TPSA) is 24.1 Å². The van der Waals surface area contributed by atoms with E-state index in [-0.39, 0.29) is 0 Å². The van der Waals surface area contributed by atoms with Gasteiger partial charge in [0, 0.05) is 24.5 Å². The Morgan fingerprint density at radius 2 is 0.824 bits per heavy atom. The molecule has 178 valence electrons. The maximum absolute atomic E-state index is 3.60. The summed E-state index contributed by atoms with van der Waals surface area (Å²) in [7, 11) is 0. The fraction of sp³-hybridized carbons (Fsp3) is 0.312. The molecule has 0 heterocycles. The van der Waals surface area contributed by atoms with Crippen LogP contribution in [0.2, 0.25) is 0 Å². The van der Waals surface area contributed by atoms with Gasteiger partial charge in [-0.1, -0.05) is 124 Å². The molecule has 3 aromatic rings. The summed E-state index contributed by atoms with van der Waals surface area (Å²) in [4.78, 5) is 0. The normalized spacial score (nSPS) is 11.4. The highest BCUT2D eigenvalue weighted by atomic mass is 14.9. The molecular formula is C32H40N2. The second kappa shape index (κ2) is 14.8. The Kier molecular flexibility index (Phi) is 11.0. The lowest BCUT2D eigenvalue weighted by atomic mass is 10.0.